The second-order valence-corrected chi connectivity index (χ2v) is 5.13. The van der Waals surface area contributed by atoms with Crippen molar-refractivity contribution in [2.45, 2.75) is 27.2 Å². The second-order valence-electron chi connectivity index (χ2n) is 5.13. The smallest absolute Gasteiger partial charge is 0.226 e. The van der Waals surface area contributed by atoms with Crippen LogP contribution < -0.4 is 0 Å². The number of aromatic nitrogens is 2. The Morgan fingerprint density at radius 3 is 2.65 bits per heavy atom. The second kappa shape index (κ2) is 7.05. The van der Waals surface area contributed by atoms with Gasteiger partial charge in [0.25, 0.3) is 0 Å². The molecule has 23 heavy (non-hydrogen) atoms. The molecule has 0 aliphatic heterocycles. The highest BCUT2D eigenvalue weighted by atomic mass is 19.1. The standard InChI is InChI=1S/C18H19FN2O2/c1-6-7-14(9-8-12(4)19)18-20-17(13(5)22-18)16-10-15(11(2)3)21-23-16/h7-10H,2,4,6H2,1,3,5H3. The molecule has 0 N–H and O–H groups in total. The molecule has 2 aromatic heterocycles. The molecule has 0 saturated carbocycles. The van der Waals surface area contributed by atoms with E-state index < -0.39 is 5.83 Å². The molecule has 0 unspecified atom stereocenters. The van der Waals surface area contributed by atoms with Crippen molar-refractivity contribution in [3.8, 4) is 11.5 Å². The van der Waals surface area contributed by atoms with Gasteiger partial charge in [-0.2, -0.15) is 0 Å². The van der Waals surface area contributed by atoms with E-state index in [2.05, 4.69) is 23.3 Å². The molecule has 0 amide bonds. The van der Waals surface area contributed by atoms with E-state index in [0.29, 0.717) is 34.4 Å². The molecule has 0 atom stereocenters. The van der Waals surface area contributed by atoms with Gasteiger partial charge in [0.1, 0.15) is 17.3 Å². The molecule has 0 fully saturated rings. The summed E-state index contributed by atoms with van der Waals surface area (Å²) in [6.07, 6.45) is 5.51. The number of hydrogen-bond acceptors (Lipinski definition) is 4. The summed E-state index contributed by atoms with van der Waals surface area (Å²) < 4.78 is 23.8. The van der Waals surface area contributed by atoms with Gasteiger partial charge in [0.2, 0.25) is 5.89 Å². The fraction of sp³-hybridized carbons (Fsp3) is 0.222. The molecule has 4 nitrogen and oxygen atoms in total. The highest BCUT2D eigenvalue weighted by Gasteiger charge is 2.18. The van der Waals surface area contributed by atoms with Crippen LogP contribution >= 0.6 is 0 Å². The molecular formula is C18H19FN2O2. The van der Waals surface area contributed by atoms with Crippen molar-refractivity contribution in [1.29, 1.82) is 0 Å². The Morgan fingerprint density at radius 2 is 2.09 bits per heavy atom. The summed E-state index contributed by atoms with van der Waals surface area (Å²) in [7, 11) is 0. The van der Waals surface area contributed by atoms with Crippen LogP contribution in [0.3, 0.4) is 0 Å². The van der Waals surface area contributed by atoms with Gasteiger partial charge in [0.15, 0.2) is 11.5 Å². The van der Waals surface area contributed by atoms with Crippen molar-refractivity contribution in [2.24, 2.45) is 0 Å². The molecular weight excluding hydrogens is 295 g/mol. The molecule has 5 heteroatoms. The average Bonchev–Trinajstić information content (AvgIpc) is 3.09. The molecule has 0 spiro atoms. The highest BCUT2D eigenvalue weighted by Crippen LogP contribution is 2.29. The van der Waals surface area contributed by atoms with Crippen molar-refractivity contribution >= 4 is 11.1 Å². The van der Waals surface area contributed by atoms with Crippen LogP contribution in [0, 0.1) is 6.92 Å². The van der Waals surface area contributed by atoms with E-state index in [0.717, 1.165) is 12.0 Å². The minimum atomic E-state index is -0.531. The third-order valence-corrected chi connectivity index (χ3v) is 3.09. The third-order valence-electron chi connectivity index (χ3n) is 3.09. The van der Waals surface area contributed by atoms with Gasteiger partial charge in [-0.3, -0.25) is 0 Å². The number of allylic oxidation sites excluding steroid dienone is 6. The summed E-state index contributed by atoms with van der Waals surface area (Å²) >= 11 is 0. The zero-order chi connectivity index (χ0) is 17.0. The molecule has 120 valence electrons. The minimum absolute atomic E-state index is 0.394. The Bertz CT molecular complexity index is 794. The van der Waals surface area contributed by atoms with Gasteiger partial charge in [0.05, 0.1) is 0 Å². The Kier molecular flexibility index (Phi) is 5.11. The summed E-state index contributed by atoms with van der Waals surface area (Å²) in [5.74, 6) is 0.964. The lowest BCUT2D eigenvalue weighted by Crippen LogP contribution is -1.82. The number of nitrogens with zero attached hydrogens (tertiary/aromatic N) is 2. The van der Waals surface area contributed by atoms with Gasteiger partial charge >= 0.3 is 0 Å². The summed E-state index contributed by atoms with van der Waals surface area (Å²) in [4.78, 5) is 4.45. The fourth-order valence-corrected chi connectivity index (χ4v) is 1.96. The van der Waals surface area contributed by atoms with Gasteiger partial charge in [0, 0.05) is 11.6 Å². The fourth-order valence-electron chi connectivity index (χ4n) is 1.96. The van der Waals surface area contributed by atoms with E-state index >= 15 is 0 Å². The van der Waals surface area contributed by atoms with Crippen LogP contribution in [-0.4, -0.2) is 10.1 Å². The zero-order valence-electron chi connectivity index (χ0n) is 13.5. The summed E-state index contributed by atoms with van der Waals surface area (Å²) in [5.41, 5.74) is 2.72. The molecule has 0 aliphatic carbocycles. The van der Waals surface area contributed by atoms with Crippen molar-refractivity contribution in [3.63, 3.8) is 0 Å². The van der Waals surface area contributed by atoms with Crippen LogP contribution in [0.5, 0.6) is 0 Å². The highest BCUT2D eigenvalue weighted by molar-refractivity contribution is 5.71. The first kappa shape index (κ1) is 16.7. The first-order chi connectivity index (χ1) is 10.9. The predicted molar refractivity (Wildman–Crippen MR) is 89.1 cm³/mol. The van der Waals surface area contributed by atoms with Gasteiger partial charge in [-0.1, -0.05) is 31.3 Å². The molecule has 0 aliphatic rings. The Labute approximate surface area is 134 Å². The number of halogens is 1. The quantitative estimate of drug-likeness (QED) is 0.660. The molecule has 0 aromatic carbocycles. The SMILES string of the molecule is C=C(F)C=CC(=CCC)c1nc(-c2cc(C(=C)C)no2)c(C)o1. The number of oxazole rings is 1. The molecule has 2 aromatic rings. The van der Waals surface area contributed by atoms with E-state index in [1.54, 1.807) is 19.1 Å². The van der Waals surface area contributed by atoms with Crippen molar-refractivity contribution < 1.29 is 13.3 Å². The van der Waals surface area contributed by atoms with Crippen molar-refractivity contribution in [1.82, 2.24) is 10.1 Å². The summed E-state index contributed by atoms with van der Waals surface area (Å²) in [6.45, 7) is 12.6. The number of hydrogen-bond donors (Lipinski definition) is 0. The van der Waals surface area contributed by atoms with E-state index in [1.165, 1.54) is 6.08 Å². The first-order valence-electron chi connectivity index (χ1n) is 7.25. The topological polar surface area (TPSA) is 52.1 Å². The molecule has 2 heterocycles. The van der Waals surface area contributed by atoms with Crippen molar-refractivity contribution in [3.05, 3.63) is 60.6 Å². The number of rotatable bonds is 6. The van der Waals surface area contributed by atoms with Crippen molar-refractivity contribution in [2.75, 3.05) is 0 Å². The van der Waals surface area contributed by atoms with E-state index in [4.69, 9.17) is 8.94 Å². The lowest BCUT2D eigenvalue weighted by atomic mass is 10.2. The largest absolute Gasteiger partial charge is 0.441 e. The van der Waals surface area contributed by atoms with Gasteiger partial charge in [-0.25, -0.2) is 9.37 Å². The lowest BCUT2D eigenvalue weighted by molar-refractivity contribution is 0.428. The predicted octanol–water partition coefficient (Wildman–Crippen LogP) is 5.50. The van der Waals surface area contributed by atoms with Crippen LogP contribution in [0.1, 0.15) is 37.6 Å². The Hall–Kier alpha value is -2.69. The Morgan fingerprint density at radius 1 is 1.35 bits per heavy atom. The third kappa shape index (κ3) is 3.94. The van der Waals surface area contributed by atoms with Gasteiger partial charge in [-0.05, 0) is 38.0 Å². The summed E-state index contributed by atoms with van der Waals surface area (Å²) in [5, 5.41) is 3.94. The first-order valence-corrected chi connectivity index (χ1v) is 7.25. The lowest BCUT2D eigenvalue weighted by Gasteiger charge is -1.95. The molecule has 0 bridgehead atoms. The maximum atomic E-state index is 12.9. The zero-order valence-corrected chi connectivity index (χ0v) is 13.5. The van der Waals surface area contributed by atoms with Gasteiger partial charge < -0.3 is 8.94 Å². The van der Waals surface area contributed by atoms with E-state index in [1.807, 2.05) is 19.9 Å². The van der Waals surface area contributed by atoms with Crippen LogP contribution in [0.2, 0.25) is 0 Å². The normalized spacial score (nSPS) is 12.1. The monoisotopic (exact) mass is 314 g/mol. The van der Waals surface area contributed by atoms with Gasteiger partial charge in [-0.15, -0.1) is 0 Å². The summed E-state index contributed by atoms with van der Waals surface area (Å²) in [6, 6.07) is 1.76. The molecule has 0 saturated heterocycles. The minimum Gasteiger partial charge on any atom is -0.441 e. The maximum Gasteiger partial charge on any atom is 0.226 e. The Balaban J connectivity index is 2.40. The average molecular weight is 314 g/mol. The van der Waals surface area contributed by atoms with Crippen LogP contribution in [0.4, 0.5) is 4.39 Å². The van der Waals surface area contributed by atoms with Crippen LogP contribution in [0.25, 0.3) is 22.6 Å². The number of aryl methyl sites for hydroxylation is 1. The van der Waals surface area contributed by atoms with E-state index in [-0.39, 0.29) is 0 Å². The van der Waals surface area contributed by atoms with Crippen LogP contribution in [-0.2, 0) is 0 Å². The van der Waals surface area contributed by atoms with E-state index in [9.17, 15) is 4.39 Å². The maximum absolute atomic E-state index is 12.9. The molecule has 0 radical (unpaired) electrons. The molecule has 2 rings (SSSR count). The van der Waals surface area contributed by atoms with Crippen LogP contribution in [0.15, 0.2) is 52.2 Å².